The number of nitrogens with zero attached hydrogens (tertiary/aromatic N) is 1. The summed E-state index contributed by atoms with van der Waals surface area (Å²) in [6.45, 7) is 10.0. The second-order valence-corrected chi connectivity index (χ2v) is 3.83. The van der Waals surface area contributed by atoms with Gasteiger partial charge in [0.05, 0.1) is 0 Å². The van der Waals surface area contributed by atoms with E-state index in [-0.39, 0.29) is 0 Å². The van der Waals surface area contributed by atoms with Crippen molar-refractivity contribution in [2.45, 2.75) is 40.2 Å². The molecule has 0 radical (unpaired) electrons. The molecule has 0 bridgehead atoms. The SMILES string of the molecule is CCCN1C=C(C(C)C)C(C)N1. The Bertz CT molecular complexity index is 173. The summed E-state index contributed by atoms with van der Waals surface area (Å²) in [6.07, 6.45) is 3.46. The Morgan fingerprint density at radius 3 is 2.67 bits per heavy atom. The van der Waals surface area contributed by atoms with Gasteiger partial charge in [0, 0.05) is 18.8 Å². The van der Waals surface area contributed by atoms with Crippen molar-refractivity contribution in [2.24, 2.45) is 5.92 Å². The molecule has 1 heterocycles. The van der Waals surface area contributed by atoms with Crippen LogP contribution < -0.4 is 5.43 Å². The van der Waals surface area contributed by atoms with Gasteiger partial charge in [-0.3, -0.25) is 0 Å². The molecule has 12 heavy (non-hydrogen) atoms. The molecule has 1 atom stereocenters. The zero-order valence-electron chi connectivity index (χ0n) is 8.59. The van der Waals surface area contributed by atoms with Crippen LogP contribution in [-0.2, 0) is 0 Å². The maximum atomic E-state index is 3.43. The normalized spacial score (nSPS) is 23.6. The van der Waals surface area contributed by atoms with Gasteiger partial charge >= 0.3 is 0 Å². The summed E-state index contributed by atoms with van der Waals surface area (Å²) in [6, 6.07) is 0.525. The zero-order chi connectivity index (χ0) is 9.14. The highest BCUT2D eigenvalue weighted by Crippen LogP contribution is 2.19. The van der Waals surface area contributed by atoms with E-state index < -0.39 is 0 Å². The van der Waals surface area contributed by atoms with Crippen molar-refractivity contribution in [2.75, 3.05) is 6.54 Å². The van der Waals surface area contributed by atoms with Gasteiger partial charge in [-0.05, 0) is 24.8 Å². The standard InChI is InChI=1S/C10H20N2/c1-5-6-12-7-10(8(2)3)9(4)11-12/h7-9,11H,5-6H2,1-4H3. The highest BCUT2D eigenvalue weighted by molar-refractivity contribution is 5.15. The van der Waals surface area contributed by atoms with Gasteiger partial charge in [0.15, 0.2) is 0 Å². The first-order chi connectivity index (χ1) is 5.65. The van der Waals surface area contributed by atoms with Crippen LogP contribution in [0.4, 0.5) is 0 Å². The molecule has 1 rings (SSSR count). The number of hydrogen-bond acceptors (Lipinski definition) is 2. The van der Waals surface area contributed by atoms with E-state index in [0.29, 0.717) is 12.0 Å². The Labute approximate surface area is 75.6 Å². The molecule has 70 valence electrons. The van der Waals surface area contributed by atoms with Crippen molar-refractivity contribution in [3.05, 3.63) is 11.8 Å². The van der Waals surface area contributed by atoms with Crippen molar-refractivity contribution in [1.82, 2.24) is 10.4 Å². The Morgan fingerprint density at radius 1 is 1.58 bits per heavy atom. The molecule has 0 amide bonds. The lowest BCUT2D eigenvalue weighted by Gasteiger charge is -2.17. The summed E-state index contributed by atoms with van der Waals surface area (Å²) in [7, 11) is 0. The first-order valence-corrected chi connectivity index (χ1v) is 4.89. The van der Waals surface area contributed by atoms with E-state index in [1.807, 2.05) is 0 Å². The van der Waals surface area contributed by atoms with Gasteiger partial charge in [-0.2, -0.15) is 0 Å². The Balaban J connectivity index is 2.55. The molecule has 0 fully saturated rings. The average molecular weight is 168 g/mol. The molecule has 0 aliphatic carbocycles. The Hall–Kier alpha value is -0.500. The van der Waals surface area contributed by atoms with Crippen LogP contribution >= 0.6 is 0 Å². The molecule has 0 aromatic rings. The molecular weight excluding hydrogens is 148 g/mol. The van der Waals surface area contributed by atoms with E-state index in [1.54, 1.807) is 0 Å². The van der Waals surface area contributed by atoms with Crippen LogP contribution in [0.1, 0.15) is 34.1 Å². The smallest absolute Gasteiger partial charge is 0.0463 e. The van der Waals surface area contributed by atoms with E-state index in [0.717, 1.165) is 6.54 Å². The number of hydrogen-bond donors (Lipinski definition) is 1. The molecule has 2 nitrogen and oxygen atoms in total. The number of hydrazine groups is 1. The second-order valence-electron chi connectivity index (χ2n) is 3.83. The summed E-state index contributed by atoms with van der Waals surface area (Å²) < 4.78 is 0. The minimum Gasteiger partial charge on any atom is -0.315 e. The van der Waals surface area contributed by atoms with E-state index in [9.17, 15) is 0 Å². The quantitative estimate of drug-likeness (QED) is 0.694. The Kier molecular flexibility index (Phi) is 3.15. The summed E-state index contributed by atoms with van der Waals surface area (Å²) in [5.74, 6) is 0.661. The fraction of sp³-hybridized carbons (Fsp3) is 0.800. The lowest BCUT2D eigenvalue weighted by Crippen LogP contribution is -2.35. The van der Waals surface area contributed by atoms with Gasteiger partial charge in [-0.1, -0.05) is 20.8 Å². The van der Waals surface area contributed by atoms with E-state index in [4.69, 9.17) is 0 Å². The summed E-state index contributed by atoms with van der Waals surface area (Å²) >= 11 is 0. The largest absolute Gasteiger partial charge is 0.315 e. The highest BCUT2D eigenvalue weighted by atomic mass is 15.5. The summed E-state index contributed by atoms with van der Waals surface area (Å²) in [5.41, 5.74) is 4.94. The van der Waals surface area contributed by atoms with Crippen molar-refractivity contribution in [3.8, 4) is 0 Å². The molecule has 0 aromatic heterocycles. The molecule has 0 saturated heterocycles. The van der Waals surface area contributed by atoms with Crippen LogP contribution in [0, 0.1) is 5.92 Å². The fourth-order valence-corrected chi connectivity index (χ4v) is 1.67. The molecule has 0 spiro atoms. The van der Waals surface area contributed by atoms with Crippen LogP contribution in [0.25, 0.3) is 0 Å². The predicted molar refractivity (Wildman–Crippen MR) is 52.5 cm³/mol. The molecular formula is C10H20N2. The van der Waals surface area contributed by atoms with Gasteiger partial charge in [0.2, 0.25) is 0 Å². The third-order valence-electron chi connectivity index (χ3n) is 2.30. The van der Waals surface area contributed by atoms with Gasteiger partial charge in [-0.15, -0.1) is 0 Å². The maximum Gasteiger partial charge on any atom is 0.0463 e. The number of rotatable bonds is 3. The number of nitrogens with one attached hydrogen (secondary N) is 1. The van der Waals surface area contributed by atoms with E-state index >= 15 is 0 Å². The maximum absolute atomic E-state index is 3.43. The van der Waals surface area contributed by atoms with Crippen LogP contribution in [0.2, 0.25) is 0 Å². The first kappa shape index (κ1) is 9.59. The first-order valence-electron chi connectivity index (χ1n) is 4.89. The van der Waals surface area contributed by atoms with Crippen molar-refractivity contribution < 1.29 is 0 Å². The van der Waals surface area contributed by atoms with Crippen molar-refractivity contribution in [1.29, 1.82) is 0 Å². The third-order valence-corrected chi connectivity index (χ3v) is 2.30. The van der Waals surface area contributed by atoms with Gasteiger partial charge in [-0.25, -0.2) is 5.43 Å². The lowest BCUT2D eigenvalue weighted by atomic mass is 9.99. The fourth-order valence-electron chi connectivity index (χ4n) is 1.67. The van der Waals surface area contributed by atoms with Gasteiger partial charge < -0.3 is 5.01 Å². The molecule has 0 aromatic carbocycles. The van der Waals surface area contributed by atoms with Crippen LogP contribution in [0.5, 0.6) is 0 Å². The highest BCUT2D eigenvalue weighted by Gasteiger charge is 2.20. The third kappa shape index (κ3) is 2.01. The Morgan fingerprint density at radius 2 is 2.25 bits per heavy atom. The lowest BCUT2D eigenvalue weighted by molar-refractivity contribution is 0.279. The molecule has 1 unspecified atom stereocenters. The van der Waals surface area contributed by atoms with Crippen molar-refractivity contribution >= 4 is 0 Å². The minimum atomic E-state index is 0.525. The van der Waals surface area contributed by atoms with Crippen LogP contribution in [-0.4, -0.2) is 17.6 Å². The molecule has 1 aliphatic rings. The van der Waals surface area contributed by atoms with Gasteiger partial charge in [0.1, 0.15) is 0 Å². The van der Waals surface area contributed by atoms with Gasteiger partial charge in [0.25, 0.3) is 0 Å². The summed E-state index contributed by atoms with van der Waals surface area (Å²) in [4.78, 5) is 0. The van der Waals surface area contributed by atoms with Crippen LogP contribution in [0.3, 0.4) is 0 Å². The zero-order valence-corrected chi connectivity index (χ0v) is 8.59. The predicted octanol–water partition coefficient (Wildman–Crippen LogP) is 2.15. The summed E-state index contributed by atoms with van der Waals surface area (Å²) in [5, 5.41) is 2.21. The monoisotopic (exact) mass is 168 g/mol. The minimum absolute atomic E-state index is 0.525. The topological polar surface area (TPSA) is 15.3 Å². The molecule has 1 aliphatic heterocycles. The van der Waals surface area contributed by atoms with Crippen LogP contribution in [0.15, 0.2) is 11.8 Å². The second kappa shape index (κ2) is 3.94. The molecule has 1 N–H and O–H groups in total. The van der Waals surface area contributed by atoms with Crippen molar-refractivity contribution in [3.63, 3.8) is 0 Å². The molecule has 0 saturated carbocycles. The average Bonchev–Trinajstić information content (AvgIpc) is 2.32. The molecule has 2 heteroatoms. The van der Waals surface area contributed by atoms with E-state index in [2.05, 4.69) is 44.3 Å². The van der Waals surface area contributed by atoms with E-state index in [1.165, 1.54) is 12.0 Å².